The van der Waals surface area contributed by atoms with E-state index in [4.69, 9.17) is 23.2 Å². The van der Waals surface area contributed by atoms with Crippen molar-refractivity contribution >= 4 is 61.9 Å². The van der Waals surface area contributed by atoms with Crippen molar-refractivity contribution in [2.24, 2.45) is 0 Å². The Morgan fingerprint density at radius 1 is 1.13 bits per heavy atom. The van der Waals surface area contributed by atoms with E-state index < -0.39 is 4.92 Å². The number of benzene rings is 2. The maximum absolute atomic E-state index is 12.4. The fourth-order valence-corrected chi connectivity index (χ4v) is 3.92. The molecule has 23 heavy (non-hydrogen) atoms. The van der Waals surface area contributed by atoms with Crippen LogP contribution < -0.4 is 5.32 Å². The SMILES string of the molecule is O=C(Nc1ccc([N+](=O)[O-])cc1)c1sc2cccc(Cl)c2c1Cl. The normalized spacial score (nSPS) is 10.7. The molecule has 0 aliphatic heterocycles. The Bertz CT molecular complexity index is 922. The number of carbonyl (C=O) groups excluding carboxylic acids is 1. The van der Waals surface area contributed by atoms with E-state index >= 15 is 0 Å². The van der Waals surface area contributed by atoms with Crippen molar-refractivity contribution in [2.45, 2.75) is 0 Å². The molecule has 0 unspecified atom stereocenters. The summed E-state index contributed by atoms with van der Waals surface area (Å²) in [6.07, 6.45) is 0. The molecule has 1 heterocycles. The first kappa shape index (κ1) is 15.7. The van der Waals surface area contributed by atoms with Crippen LogP contribution in [0.15, 0.2) is 42.5 Å². The highest BCUT2D eigenvalue weighted by Gasteiger charge is 2.19. The van der Waals surface area contributed by atoms with Crippen molar-refractivity contribution in [1.82, 2.24) is 0 Å². The topological polar surface area (TPSA) is 72.2 Å². The number of anilines is 1. The fourth-order valence-electron chi connectivity index (χ4n) is 2.07. The first-order valence-electron chi connectivity index (χ1n) is 6.39. The summed E-state index contributed by atoms with van der Waals surface area (Å²) in [7, 11) is 0. The zero-order chi connectivity index (χ0) is 16.6. The third kappa shape index (κ3) is 3.01. The molecule has 1 aromatic heterocycles. The van der Waals surface area contributed by atoms with Gasteiger partial charge in [-0.25, -0.2) is 0 Å². The van der Waals surface area contributed by atoms with Gasteiger partial charge < -0.3 is 5.32 Å². The molecule has 3 aromatic rings. The molecule has 0 radical (unpaired) electrons. The molecule has 5 nitrogen and oxygen atoms in total. The number of thiophene rings is 1. The highest BCUT2D eigenvalue weighted by molar-refractivity contribution is 7.21. The van der Waals surface area contributed by atoms with Crippen molar-refractivity contribution in [3.05, 3.63) is 67.5 Å². The lowest BCUT2D eigenvalue weighted by Gasteiger charge is -2.03. The van der Waals surface area contributed by atoms with Crippen LogP contribution in [0.4, 0.5) is 11.4 Å². The summed E-state index contributed by atoms with van der Waals surface area (Å²) in [5.74, 6) is -0.388. The van der Waals surface area contributed by atoms with Gasteiger partial charge >= 0.3 is 0 Å². The van der Waals surface area contributed by atoms with E-state index in [1.807, 2.05) is 6.07 Å². The van der Waals surface area contributed by atoms with Gasteiger partial charge in [-0.05, 0) is 24.3 Å². The average Bonchev–Trinajstić information content (AvgIpc) is 2.86. The Kier molecular flexibility index (Phi) is 4.21. The zero-order valence-electron chi connectivity index (χ0n) is 11.4. The first-order chi connectivity index (χ1) is 11.0. The van der Waals surface area contributed by atoms with Crippen molar-refractivity contribution in [1.29, 1.82) is 0 Å². The molecule has 8 heteroatoms. The summed E-state index contributed by atoms with van der Waals surface area (Å²) >= 11 is 13.6. The quantitative estimate of drug-likeness (QED) is 0.500. The monoisotopic (exact) mass is 366 g/mol. The van der Waals surface area contributed by atoms with Crippen LogP contribution in [-0.2, 0) is 0 Å². The van der Waals surface area contributed by atoms with E-state index in [1.165, 1.54) is 35.6 Å². The predicted octanol–water partition coefficient (Wildman–Crippen LogP) is 5.37. The number of hydrogen-bond acceptors (Lipinski definition) is 4. The molecule has 2 aromatic carbocycles. The average molecular weight is 367 g/mol. The maximum atomic E-state index is 12.4. The third-order valence-electron chi connectivity index (χ3n) is 3.15. The van der Waals surface area contributed by atoms with Crippen molar-refractivity contribution < 1.29 is 9.72 Å². The van der Waals surface area contributed by atoms with E-state index in [9.17, 15) is 14.9 Å². The lowest BCUT2D eigenvalue weighted by molar-refractivity contribution is -0.384. The van der Waals surface area contributed by atoms with Gasteiger partial charge in [0.2, 0.25) is 0 Å². The molecular weight excluding hydrogens is 359 g/mol. The Hall–Kier alpha value is -2.15. The molecule has 0 aliphatic rings. The molecule has 0 saturated heterocycles. The molecule has 0 fully saturated rings. The molecule has 0 spiro atoms. The largest absolute Gasteiger partial charge is 0.321 e. The number of rotatable bonds is 3. The Morgan fingerprint density at radius 3 is 2.43 bits per heavy atom. The molecule has 3 rings (SSSR count). The minimum atomic E-state index is -0.504. The summed E-state index contributed by atoms with van der Waals surface area (Å²) in [6, 6.07) is 10.9. The summed E-state index contributed by atoms with van der Waals surface area (Å²) in [5, 5.41) is 14.7. The highest BCUT2D eigenvalue weighted by atomic mass is 35.5. The number of nitro groups is 1. The van der Waals surface area contributed by atoms with E-state index in [0.717, 1.165) is 4.70 Å². The summed E-state index contributed by atoms with van der Waals surface area (Å²) in [5.41, 5.74) is 0.398. The number of nitro benzene ring substituents is 1. The Balaban J connectivity index is 1.90. The van der Waals surface area contributed by atoms with Gasteiger partial charge in [0.1, 0.15) is 4.88 Å². The van der Waals surface area contributed by atoms with Crippen LogP contribution in [0.2, 0.25) is 10.0 Å². The molecule has 0 aliphatic carbocycles. The standard InChI is InChI=1S/C15H8Cl2N2O3S/c16-10-2-1-3-11-12(10)13(17)14(23-11)15(20)18-8-4-6-9(7-5-8)19(21)22/h1-7H,(H,18,20). The highest BCUT2D eigenvalue weighted by Crippen LogP contribution is 2.39. The van der Waals surface area contributed by atoms with E-state index in [1.54, 1.807) is 12.1 Å². The maximum Gasteiger partial charge on any atom is 0.269 e. The number of halogens is 2. The van der Waals surface area contributed by atoms with Gasteiger partial charge in [0.05, 0.1) is 15.0 Å². The second-order valence-corrected chi connectivity index (χ2v) is 6.45. The number of non-ortho nitro benzene ring substituents is 1. The van der Waals surface area contributed by atoms with Crippen molar-refractivity contribution in [2.75, 3.05) is 5.32 Å². The van der Waals surface area contributed by atoms with Gasteiger partial charge in [-0.3, -0.25) is 14.9 Å². The zero-order valence-corrected chi connectivity index (χ0v) is 13.7. The van der Waals surface area contributed by atoms with Gasteiger partial charge in [0.25, 0.3) is 11.6 Å². The second kappa shape index (κ2) is 6.16. The van der Waals surface area contributed by atoms with E-state index in [2.05, 4.69) is 5.32 Å². The van der Waals surface area contributed by atoms with Crippen LogP contribution in [-0.4, -0.2) is 10.8 Å². The molecule has 1 N–H and O–H groups in total. The van der Waals surface area contributed by atoms with Crippen LogP contribution in [0.1, 0.15) is 9.67 Å². The number of fused-ring (bicyclic) bond motifs is 1. The minimum absolute atomic E-state index is 0.0466. The minimum Gasteiger partial charge on any atom is -0.321 e. The smallest absolute Gasteiger partial charge is 0.269 e. The molecule has 0 bridgehead atoms. The number of nitrogens with zero attached hydrogens (tertiary/aromatic N) is 1. The van der Waals surface area contributed by atoms with Gasteiger partial charge in [-0.2, -0.15) is 0 Å². The van der Waals surface area contributed by atoms with Crippen LogP contribution in [0.5, 0.6) is 0 Å². The Morgan fingerprint density at radius 2 is 1.83 bits per heavy atom. The van der Waals surface area contributed by atoms with E-state index in [0.29, 0.717) is 26.0 Å². The molecule has 116 valence electrons. The molecule has 0 saturated carbocycles. The van der Waals surface area contributed by atoms with Gasteiger partial charge in [-0.15, -0.1) is 11.3 Å². The van der Waals surface area contributed by atoms with Gasteiger partial charge in [-0.1, -0.05) is 29.3 Å². The number of amides is 1. The summed E-state index contributed by atoms with van der Waals surface area (Å²) in [4.78, 5) is 22.8. The van der Waals surface area contributed by atoms with Gasteiger partial charge in [0, 0.05) is 27.9 Å². The lowest BCUT2D eigenvalue weighted by Crippen LogP contribution is -2.10. The molecule has 1 amide bonds. The second-order valence-electron chi connectivity index (χ2n) is 4.62. The van der Waals surface area contributed by atoms with E-state index in [-0.39, 0.29) is 11.6 Å². The summed E-state index contributed by atoms with van der Waals surface area (Å²) < 4.78 is 0.816. The Labute approximate surface area is 144 Å². The number of carbonyl (C=O) groups is 1. The van der Waals surface area contributed by atoms with Crippen LogP contribution in [0.25, 0.3) is 10.1 Å². The fraction of sp³-hybridized carbons (Fsp3) is 0. The molecular formula is C15H8Cl2N2O3S. The number of nitrogens with one attached hydrogen (secondary N) is 1. The van der Waals surface area contributed by atoms with Crippen LogP contribution in [0, 0.1) is 10.1 Å². The summed E-state index contributed by atoms with van der Waals surface area (Å²) in [6.45, 7) is 0. The van der Waals surface area contributed by atoms with Crippen molar-refractivity contribution in [3.8, 4) is 0 Å². The van der Waals surface area contributed by atoms with Gasteiger partial charge in [0.15, 0.2) is 0 Å². The van der Waals surface area contributed by atoms with Crippen LogP contribution >= 0.6 is 34.5 Å². The first-order valence-corrected chi connectivity index (χ1v) is 7.97. The lowest BCUT2D eigenvalue weighted by atomic mass is 10.2. The van der Waals surface area contributed by atoms with Crippen molar-refractivity contribution in [3.63, 3.8) is 0 Å². The third-order valence-corrected chi connectivity index (χ3v) is 5.11. The predicted molar refractivity (Wildman–Crippen MR) is 92.9 cm³/mol. The van der Waals surface area contributed by atoms with Crippen LogP contribution in [0.3, 0.4) is 0 Å². The molecule has 0 atom stereocenters. The number of hydrogen-bond donors (Lipinski definition) is 1.